The second-order valence-electron chi connectivity index (χ2n) is 16.0. The smallest absolute Gasteiger partial charge is 0.457 e. The van der Waals surface area contributed by atoms with E-state index >= 15 is 0 Å². The first kappa shape index (κ1) is 53.5. The number of nitrogens with two attached hydrogens (primary N) is 1. The molecule has 0 saturated heterocycles. The van der Waals surface area contributed by atoms with Gasteiger partial charge in [-0.05, 0) is 12.8 Å². The standard InChI is InChI=1S/C45H92NO7P/c1-3-5-7-9-11-13-15-17-18-19-20-21-22-23-24-25-27-29-31-33-35-37-40-50-42-44(43-52-54(48,49)51-41-39-46)53-45(47)38-36-34-32-30-28-26-16-14-12-10-8-6-4-2/h44H,3-43,46H2,1-2H3,(H,48,49). The fraction of sp³-hybridized carbons (Fsp3) is 0.978. The third-order valence-corrected chi connectivity index (χ3v) is 11.5. The maximum atomic E-state index is 12.6. The van der Waals surface area contributed by atoms with Crippen LogP contribution in [0, 0.1) is 0 Å². The first-order valence-corrected chi connectivity index (χ1v) is 25.0. The van der Waals surface area contributed by atoms with Crippen molar-refractivity contribution < 1.29 is 32.8 Å². The Labute approximate surface area is 335 Å². The molecule has 324 valence electrons. The number of hydrogen-bond acceptors (Lipinski definition) is 7. The molecule has 9 heteroatoms. The Bertz CT molecular complexity index is 802. The molecular weight excluding hydrogens is 697 g/mol. The van der Waals surface area contributed by atoms with Crippen LogP contribution in [-0.4, -0.2) is 49.9 Å². The molecule has 2 unspecified atom stereocenters. The van der Waals surface area contributed by atoms with Crippen molar-refractivity contribution in [1.29, 1.82) is 0 Å². The molecule has 0 aromatic rings. The summed E-state index contributed by atoms with van der Waals surface area (Å²) < 4.78 is 33.5. The van der Waals surface area contributed by atoms with Crippen LogP contribution in [0.3, 0.4) is 0 Å². The Balaban J connectivity index is 3.87. The lowest BCUT2D eigenvalue weighted by atomic mass is 10.0. The highest BCUT2D eigenvalue weighted by molar-refractivity contribution is 7.47. The molecule has 0 aliphatic heterocycles. The van der Waals surface area contributed by atoms with E-state index in [1.165, 1.54) is 193 Å². The van der Waals surface area contributed by atoms with E-state index in [1.54, 1.807) is 0 Å². The molecule has 0 aromatic heterocycles. The second kappa shape index (κ2) is 43.6. The number of carbonyl (C=O) groups excluding carboxylic acids is 1. The van der Waals surface area contributed by atoms with Gasteiger partial charge in [-0.2, -0.15) is 0 Å². The van der Waals surface area contributed by atoms with E-state index in [1.807, 2.05) is 0 Å². The third kappa shape index (κ3) is 42.6. The summed E-state index contributed by atoms with van der Waals surface area (Å²) >= 11 is 0. The molecule has 0 amide bonds. The van der Waals surface area contributed by atoms with Crippen LogP contribution in [0.1, 0.15) is 245 Å². The van der Waals surface area contributed by atoms with Gasteiger partial charge in [-0.15, -0.1) is 0 Å². The van der Waals surface area contributed by atoms with Crippen LogP contribution in [0.5, 0.6) is 0 Å². The monoisotopic (exact) mass is 790 g/mol. The summed E-state index contributed by atoms with van der Waals surface area (Å²) in [5.41, 5.74) is 5.37. The van der Waals surface area contributed by atoms with Gasteiger partial charge in [0.1, 0.15) is 6.10 Å². The lowest BCUT2D eigenvalue weighted by molar-refractivity contribution is -0.154. The summed E-state index contributed by atoms with van der Waals surface area (Å²) in [6.07, 6.45) is 45.6. The molecule has 0 rings (SSSR count). The Morgan fingerprint density at radius 2 is 0.815 bits per heavy atom. The van der Waals surface area contributed by atoms with Crippen molar-refractivity contribution >= 4 is 13.8 Å². The average Bonchev–Trinajstić information content (AvgIpc) is 3.16. The molecule has 2 atom stereocenters. The Hall–Kier alpha value is -0.500. The fourth-order valence-electron chi connectivity index (χ4n) is 7.06. The predicted octanol–water partition coefficient (Wildman–Crippen LogP) is 14.1. The molecule has 8 nitrogen and oxygen atoms in total. The highest BCUT2D eigenvalue weighted by Gasteiger charge is 2.25. The van der Waals surface area contributed by atoms with Gasteiger partial charge in [0.15, 0.2) is 0 Å². The van der Waals surface area contributed by atoms with Gasteiger partial charge in [0.25, 0.3) is 0 Å². The van der Waals surface area contributed by atoms with Crippen molar-refractivity contribution in [2.45, 2.75) is 251 Å². The number of esters is 1. The normalized spacial score (nSPS) is 13.3. The van der Waals surface area contributed by atoms with E-state index in [-0.39, 0.29) is 32.3 Å². The Morgan fingerprint density at radius 1 is 0.481 bits per heavy atom. The van der Waals surface area contributed by atoms with Crippen LogP contribution in [0.4, 0.5) is 0 Å². The van der Waals surface area contributed by atoms with Crippen LogP contribution in [0.25, 0.3) is 0 Å². The van der Waals surface area contributed by atoms with Gasteiger partial charge in [0, 0.05) is 19.6 Å². The molecule has 3 N–H and O–H groups in total. The number of phosphoric acid groups is 1. The topological polar surface area (TPSA) is 117 Å². The number of rotatable bonds is 46. The average molecular weight is 790 g/mol. The summed E-state index contributed by atoms with van der Waals surface area (Å²) in [4.78, 5) is 22.5. The highest BCUT2D eigenvalue weighted by Crippen LogP contribution is 2.43. The third-order valence-electron chi connectivity index (χ3n) is 10.5. The largest absolute Gasteiger partial charge is 0.472 e. The van der Waals surface area contributed by atoms with Crippen LogP contribution >= 0.6 is 7.82 Å². The molecular formula is C45H92NO7P. The molecule has 0 saturated carbocycles. The maximum absolute atomic E-state index is 12.6. The van der Waals surface area contributed by atoms with Crippen molar-refractivity contribution in [3.8, 4) is 0 Å². The van der Waals surface area contributed by atoms with Crippen molar-refractivity contribution in [2.75, 3.05) is 33.0 Å². The van der Waals surface area contributed by atoms with Gasteiger partial charge in [0.05, 0.1) is 19.8 Å². The van der Waals surface area contributed by atoms with Gasteiger partial charge < -0.3 is 20.1 Å². The van der Waals surface area contributed by atoms with E-state index in [4.69, 9.17) is 24.3 Å². The summed E-state index contributed by atoms with van der Waals surface area (Å²) in [6.45, 7) is 4.99. The van der Waals surface area contributed by atoms with Gasteiger partial charge >= 0.3 is 13.8 Å². The quantitative estimate of drug-likeness (QED) is 0.0356. The molecule has 0 aliphatic carbocycles. The van der Waals surface area contributed by atoms with E-state index < -0.39 is 13.9 Å². The minimum atomic E-state index is -4.27. The van der Waals surface area contributed by atoms with Crippen LogP contribution < -0.4 is 5.73 Å². The SMILES string of the molecule is CCCCCCCCCCCCCCCCCCCCCCCCOCC(COP(=O)(O)OCCN)OC(=O)CCCCCCCCCCCCCCC. The number of unbranched alkanes of at least 4 members (excludes halogenated alkanes) is 33. The molecule has 0 bridgehead atoms. The fourth-order valence-corrected chi connectivity index (χ4v) is 7.82. The number of ether oxygens (including phenoxy) is 2. The zero-order chi connectivity index (χ0) is 39.5. The molecule has 54 heavy (non-hydrogen) atoms. The van der Waals surface area contributed by atoms with Crippen molar-refractivity contribution in [2.24, 2.45) is 5.73 Å². The molecule has 0 fully saturated rings. The first-order valence-electron chi connectivity index (χ1n) is 23.5. The van der Waals surface area contributed by atoms with Crippen LogP contribution in [0.2, 0.25) is 0 Å². The first-order chi connectivity index (χ1) is 26.4. The zero-order valence-corrected chi connectivity index (χ0v) is 36.9. The summed E-state index contributed by atoms with van der Waals surface area (Å²) in [5.74, 6) is -0.324. The maximum Gasteiger partial charge on any atom is 0.472 e. The van der Waals surface area contributed by atoms with E-state index in [0.29, 0.717) is 13.0 Å². The predicted molar refractivity (Wildman–Crippen MR) is 229 cm³/mol. The van der Waals surface area contributed by atoms with Crippen molar-refractivity contribution in [3.05, 3.63) is 0 Å². The number of phosphoric ester groups is 1. The zero-order valence-electron chi connectivity index (χ0n) is 36.0. The van der Waals surface area contributed by atoms with Gasteiger partial charge in [-0.3, -0.25) is 13.8 Å². The minimum Gasteiger partial charge on any atom is -0.457 e. The van der Waals surface area contributed by atoms with Gasteiger partial charge in [-0.1, -0.05) is 226 Å². The Morgan fingerprint density at radius 3 is 1.17 bits per heavy atom. The van der Waals surface area contributed by atoms with E-state index in [9.17, 15) is 14.3 Å². The van der Waals surface area contributed by atoms with Crippen molar-refractivity contribution in [1.82, 2.24) is 0 Å². The summed E-state index contributed by atoms with van der Waals surface area (Å²) in [6, 6.07) is 0. The molecule has 0 heterocycles. The van der Waals surface area contributed by atoms with Crippen LogP contribution in [-0.2, 0) is 27.9 Å². The minimum absolute atomic E-state index is 0.0900. The summed E-state index contributed by atoms with van der Waals surface area (Å²) in [5, 5.41) is 0. The summed E-state index contributed by atoms with van der Waals surface area (Å²) in [7, 11) is -4.27. The molecule has 0 aliphatic rings. The van der Waals surface area contributed by atoms with Crippen molar-refractivity contribution in [3.63, 3.8) is 0 Å². The Kier molecular flexibility index (Phi) is 43.2. The van der Waals surface area contributed by atoms with E-state index in [2.05, 4.69) is 13.8 Å². The van der Waals surface area contributed by atoms with Gasteiger partial charge in [0.2, 0.25) is 0 Å². The molecule has 0 aromatic carbocycles. The van der Waals surface area contributed by atoms with E-state index in [0.717, 1.165) is 32.1 Å². The number of carbonyl (C=O) groups is 1. The second-order valence-corrected chi connectivity index (χ2v) is 17.4. The highest BCUT2D eigenvalue weighted by atomic mass is 31.2. The van der Waals surface area contributed by atoms with Crippen LogP contribution in [0.15, 0.2) is 0 Å². The molecule has 0 spiro atoms. The lowest BCUT2D eigenvalue weighted by Crippen LogP contribution is -2.28. The van der Waals surface area contributed by atoms with Gasteiger partial charge in [-0.25, -0.2) is 4.57 Å². The molecule has 0 radical (unpaired) electrons. The number of hydrogen-bond donors (Lipinski definition) is 2. The lowest BCUT2D eigenvalue weighted by Gasteiger charge is -2.20.